The summed E-state index contributed by atoms with van der Waals surface area (Å²) >= 11 is 0. The molecule has 0 aromatic rings. The van der Waals surface area contributed by atoms with Crippen LogP contribution in [0.5, 0.6) is 0 Å². The van der Waals surface area contributed by atoms with Gasteiger partial charge in [-0.05, 0) is 31.3 Å². The summed E-state index contributed by atoms with van der Waals surface area (Å²) in [5.41, 5.74) is 0.0560. The summed E-state index contributed by atoms with van der Waals surface area (Å²) < 4.78 is 32.8. The zero-order chi connectivity index (χ0) is 13.6. The molecular weight excluding hydrogens is 254 g/mol. The Morgan fingerprint density at radius 1 is 1.39 bits per heavy atom. The SMILES string of the molecule is COCCN(C)S(=O)(=O)NCC1(C)CCNCC1. The molecule has 108 valence electrons. The molecule has 0 unspecified atom stereocenters. The Bertz CT molecular complexity index is 339. The van der Waals surface area contributed by atoms with E-state index in [0.717, 1.165) is 25.9 Å². The van der Waals surface area contributed by atoms with Gasteiger partial charge in [-0.25, -0.2) is 4.72 Å². The van der Waals surface area contributed by atoms with Gasteiger partial charge in [-0.1, -0.05) is 6.92 Å². The maximum absolute atomic E-state index is 12.0. The van der Waals surface area contributed by atoms with Gasteiger partial charge in [0.05, 0.1) is 6.61 Å². The first-order valence-corrected chi connectivity index (χ1v) is 7.74. The molecule has 0 aromatic carbocycles. The third kappa shape index (κ3) is 4.81. The van der Waals surface area contributed by atoms with E-state index in [1.807, 2.05) is 0 Å². The number of nitrogens with one attached hydrogen (secondary N) is 2. The third-order valence-electron chi connectivity index (χ3n) is 3.51. The summed E-state index contributed by atoms with van der Waals surface area (Å²) in [5.74, 6) is 0. The van der Waals surface area contributed by atoms with E-state index in [-0.39, 0.29) is 5.41 Å². The monoisotopic (exact) mass is 279 g/mol. The van der Waals surface area contributed by atoms with E-state index in [1.54, 1.807) is 14.2 Å². The first-order chi connectivity index (χ1) is 8.40. The van der Waals surface area contributed by atoms with Crippen LogP contribution < -0.4 is 10.0 Å². The number of rotatable bonds is 7. The van der Waals surface area contributed by atoms with Crippen LogP contribution in [0.2, 0.25) is 0 Å². The number of nitrogens with zero attached hydrogens (tertiary/aromatic N) is 1. The van der Waals surface area contributed by atoms with Gasteiger partial charge < -0.3 is 10.1 Å². The molecule has 1 aliphatic heterocycles. The van der Waals surface area contributed by atoms with E-state index < -0.39 is 10.2 Å². The van der Waals surface area contributed by atoms with Crippen LogP contribution in [0.3, 0.4) is 0 Å². The van der Waals surface area contributed by atoms with Gasteiger partial charge in [0, 0.05) is 27.2 Å². The minimum atomic E-state index is -3.39. The van der Waals surface area contributed by atoms with Crippen LogP contribution in [0.15, 0.2) is 0 Å². The largest absolute Gasteiger partial charge is 0.383 e. The van der Waals surface area contributed by atoms with E-state index in [4.69, 9.17) is 4.74 Å². The highest BCUT2D eigenvalue weighted by molar-refractivity contribution is 7.87. The molecule has 0 spiro atoms. The number of hydrogen-bond donors (Lipinski definition) is 2. The minimum Gasteiger partial charge on any atom is -0.383 e. The fourth-order valence-corrected chi connectivity index (χ4v) is 2.99. The van der Waals surface area contributed by atoms with Gasteiger partial charge in [-0.2, -0.15) is 12.7 Å². The number of likely N-dealkylation sites (N-methyl/N-ethyl adjacent to an activating group) is 1. The van der Waals surface area contributed by atoms with E-state index >= 15 is 0 Å². The van der Waals surface area contributed by atoms with E-state index in [0.29, 0.717) is 19.7 Å². The van der Waals surface area contributed by atoms with Crippen molar-refractivity contribution < 1.29 is 13.2 Å². The molecule has 18 heavy (non-hydrogen) atoms. The van der Waals surface area contributed by atoms with E-state index in [9.17, 15) is 8.42 Å². The van der Waals surface area contributed by atoms with E-state index in [1.165, 1.54) is 4.31 Å². The molecular formula is C11H25N3O3S. The predicted molar refractivity (Wildman–Crippen MR) is 71.6 cm³/mol. The van der Waals surface area contributed by atoms with Gasteiger partial charge in [0.1, 0.15) is 0 Å². The maximum atomic E-state index is 12.0. The smallest absolute Gasteiger partial charge is 0.279 e. The summed E-state index contributed by atoms with van der Waals surface area (Å²) in [4.78, 5) is 0. The van der Waals surface area contributed by atoms with Gasteiger partial charge in [0.15, 0.2) is 0 Å². The van der Waals surface area contributed by atoms with Crippen molar-refractivity contribution >= 4 is 10.2 Å². The normalized spacial score (nSPS) is 20.2. The summed E-state index contributed by atoms with van der Waals surface area (Å²) in [7, 11) is -0.266. The fourth-order valence-electron chi connectivity index (χ4n) is 1.92. The maximum Gasteiger partial charge on any atom is 0.279 e. The Kier molecular flexibility index (Phi) is 6.00. The lowest BCUT2D eigenvalue weighted by atomic mass is 9.81. The molecule has 6 nitrogen and oxygen atoms in total. The molecule has 0 aliphatic carbocycles. The lowest BCUT2D eigenvalue weighted by molar-refractivity contribution is 0.183. The lowest BCUT2D eigenvalue weighted by Gasteiger charge is -2.34. The van der Waals surface area contributed by atoms with Crippen molar-refractivity contribution in [2.45, 2.75) is 19.8 Å². The zero-order valence-corrected chi connectivity index (χ0v) is 12.3. The lowest BCUT2D eigenvalue weighted by Crippen LogP contribution is -2.47. The molecule has 0 bridgehead atoms. The molecule has 7 heteroatoms. The average molecular weight is 279 g/mol. The van der Waals surface area contributed by atoms with Crippen molar-refractivity contribution in [1.29, 1.82) is 0 Å². The standard InChI is InChI=1S/C11H25N3O3S/c1-11(4-6-12-7-5-11)10-13-18(15,16)14(2)8-9-17-3/h12-13H,4-10H2,1-3H3. The number of hydrogen-bond acceptors (Lipinski definition) is 4. The van der Waals surface area contributed by atoms with Crippen LogP contribution >= 0.6 is 0 Å². The Morgan fingerprint density at radius 3 is 2.56 bits per heavy atom. The number of piperidine rings is 1. The van der Waals surface area contributed by atoms with Crippen LogP contribution in [-0.2, 0) is 14.9 Å². The van der Waals surface area contributed by atoms with Crippen molar-refractivity contribution in [3.8, 4) is 0 Å². The molecule has 1 aliphatic rings. The van der Waals surface area contributed by atoms with Crippen LogP contribution in [0.25, 0.3) is 0 Å². The fraction of sp³-hybridized carbons (Fsp3) is 1.00. The second kappa shape index (κ2) is 6.81. The predicted octanol–water partition coefficient (Wildman–Crippen LogP) is -0.211. The Labute approximate surface area is 110 Å². The molecule has 0 radical (unpaired) electrons. The van der Waals surface area contributed by atoms with Gasteiger partial charge >= 0.3 is 0 Å². The summed E-state index contributed by atoms with van der Waals surface area (Å²) in [6.45, 7) is 5.30. The molecule has 1 heterocycles. The summed E-state index contributed by atoms with van der Waals surface area (Å²) in [5, 5.41) is 3.28. The number of methoxy groups -OCH3 is 1. The van der Waals surface area contributed by atoms with Gasteiger partial charge in [-0.3, -0.25) is 0 Å². The summed E-state index contributed by atoms with van der Waals surface area (Å²) in [6.07, 6.45) is 1.99. The highest BCUT2D eigenvalue weighted by Crippen LogP contribution is 2.26. The second-order valence-electron chi connectivity index (χ2n) is 5.20. The van der Waals surface area contributed by atoms with Crippen molar-refractivity contribution in [3.63, 3.8) is 0 Å². The van der Waals surface area contributed by atoms with Crippen molar-refractivity contribution in [2.24, 2.45) is 5.41 Å². The molecule has 1 rings (SSSR count). The molecule has 0 amide bonds. The molecule has 1 saturated heterocycles. The first-order valence-electron chi connectivity index (χ1n) is 6.30. The first kappa shape index (κ1) is 15.8. The second-order valence-corrected chi connectivity index (χ2v) is 7.06. The molecule has 2 N–H and O–H groups in total. The van der Waals surface area contributed by atoms with Crippen LogP contribution in [-0.4, -0.2) is 59.7 Å². The zero-order valence-electron chi connectivity index (χ0n) is 11.5. The third-order valence-corrected chi connectivity index (χ3v) is 5.02. The highest BCUT2D eigenvalue weighted by Gasteiger charge is 2.29. The van der Waals surface area contributed by atoms with Crippen LogP contribution in [0, 0.1) is 5.41 Å². The molecule has 0 saturated carbocycles. The Balaban J connectivity index is 2.45. The van der Waals surface area contributed by atoms with Gasteiger partial charge in [0.2, 0.25) is 0 Å². The Morgan fingerprint density at radius 2 is 2.00 bits per heavy atom. The molecule has 1 fully saturated rings. The van der Waals surface area contributed by atoms with Crippen molar-refractivity contribution in [2.75, 3.05) is 46.9 Å². The quantitative estimate of drug-likeness (QED) is 0.676. The van der Waals surface area contributed by atoms with Crippen LogP contribution in [0.4, 0.5) is 0 Å². The Hall–Kier alpha value is -0.210. The van der Waals surface area contributed by atoms with Crippen molar-refractivity contribution in [1.82, 2.24) is 14.3 Å². The topological polar surface area (TPSA) is 70.7 Å². The van der Waals surface area contributed by atoms with E-state index in [2.05, 4.69) is 17.0 Å². The molecule has 0 aromatic heterocycles. The minimum absolute atomic E-state index is 0.0560. The number of ether oxygens (including phenoxy) is 1. The van der Waals surface area contributed by atoms with Crippen LogP contribution in [0.1, 0.15) is 19.8 Å². The van der Waals surface area contributed by atoms with Gasteiger partial charge in [-0.15, -0.1) is 0 Å². The van der Waals surface area contributed by atoms with Crippen molar-refractivity contribution in [3.05, 3.63) is 0 Å². The highest BCUT2D eigenvalue weighted by atomic mass is 32.2. The summed E-state index contributed by atoms with van der Waals surface area (Å²) in [6, 6.07) is 0. The molecule has 0 atom stereocenters. The van der Waals surface area contributed by atoms with Gasteiger partial charge in [0.25, 0.3) is 10.2 Å². The average Bonchev–Trinajstić information content (AvgIpc) is 2.35.